The summed E-state index contributed by atoms with van der Waals surface area (Å²) in [5.74, 6) is 1.35. The largest absolute Gasteiger partial charge is 0.493 e. The van der Waals surface area contributed by atoms with Crippen molar-refractivity contribution in [1.82, 2.24) is 4.98 Å². The van der Waals surface area contributed by atoms with Crippen molar-refractivity contribution in [2.24, 2.45) is 0 Å². The third-order valence-corrected chi connectivity index (χ3v) is 3.02. The zero-order chi connectivity index (χ0) is 12.5. The molecule has 1 aromatic rings. The summed E-state index contributed by atoms with van der Waals surface area (Å²) in [4.78, 5) is 4.21. The molecule has 0 N–H and O–H groups in total. The predicted molar refractivity (Wildman–Crippen MR) is 72.8 cm³/mol. The third-order valence-electron chi connectivity index (χ3n) is 2.73. The fraction of sp³-hybridized carbons (Fsp3) is 0.643. The van der Waals surface area contributed by atoms with Gasteiger partial charge in [-0.25, -0.2) is 0 Å². The van der Waals surface area contributed by atoms with Gasteiger partial charge in [0.2, 0.25) is 0 Å². The Morgan fingerprint density at radius 2 is 2.00 bits per heavy atom. The number of halogens is 1. The highest BCUT2D eigenvalue weighted by atomic mass is 35.5. The number of unbranched alkanes of at least 4 members (excludes halogenated alkanes) is 4. The van der Waals surface area contributed by atoms with Crippen LogP contribution < -0.4 is 4.74 Å². The topological polar surface area (TPSA) is 22.1 Å². The number of pyridine rings is 1. The van der Waals surface area contributed by atoms with Gasteiger partial charge in [0, 0.05) is 23.5 Å². The second-order valence-corrected chi connectivity index (χ2v) is 4.60. The summed E-state index contributed by atoms with van der Waals surface area (Å²) < 4.78 is 5.76. The summed E-state index contributed by atoms with van der Waals surface area (Å²) in [6, 6.07) is 1.96. The van der Waals surface area contributed by atoms with Crippen molar-refractivity contribution >= 4 is 11.6 Å². The molecule has 0 aromatic carbocycles. The van der Waals surface area contributed by atoms with Crippen LogP contribution in [0.2, 0.25) is 0 Å². The Labute approximate surface area is 109 Å². The standard InChI is InChI=1S/C14H22ClNO/c1-3-4-5-6-7-8-17-14-9-12(2)16-11-13(14)10-15/h9,11H,3-8,10H2,1-2H3. The van der Waals surface area contributed by atoms with Crippen molar-refractivity contribution in [2.75, 3.05) is 6.61 Å². The number of hydrogen-bond donors (Lipinski definition) is 0. The Morgan fingerprint density at radius 1 is 1.24 bits per heavy atom. The van der Waals surface area contributed by atoms with E-state index in [9.17, 15) is 0 Å². The quantitative estimate of drug-likeness (QED) is 0.505. The molecule has 0 aliphatic carbocycles. The fourth-order valence-corrected chi connectivity index (χ4v) is 1.89. The Hall–Kier alpha value is -0.760. The highest BCUT2D eigenvalue weighted by Crippen LogP contribution is 2.20. The SMILES string of the molecule is CCCCCCCOc1cc(C)ncc1CCl. The van der Waals surface area contributed by atoms with Crippen LogP contribution in [0, 0.1) is 6.92 Å². The summed E-state index contributed by atoms with van der Waals surface area (Å²) in [5.41, 5.74) is 1.95. The van der Waals surface area contributed by atoms with Gasteiger partial charge in [-0.05, 0) is 13.3 Å². The normalized spacial score (nSPS) is 10.5. The maximum Gasteiger partial charge on any atom is 0.127 e. The molecule has 0 unspecified atom stereocenters. The third kappa shape index (κ3) is 5.40. The van der Waals surface area contributed by atoms with Crippen LogP contribution in [0.15, 0.2) is 12.3 Å². The van der Waals surface area contributed by atoms with Crippen molar-refractivity contribution in [3.05, 3.63) is 23.5 Å². The molecule has 0 aliphatic rings. The van der Waals surface area contributed by atoms with Crippen molar-refractivity contribution in [3.63, 3.8) is 0 Å². The van der Waals surface area contributed by atoms with Gasteiger partial charge >= 0.3 is 0 Å². The monoisotopic (exact) mass is 255 g/mol. The molecule has 0 bridgehead atoms. The number of aromatic nitrogens is 1. The first-order chi connectivity index (χ1) is 8.27. The van der Waals surface area contributed by atoms with Crippen LogP contribution in [0.1, 0.15) is 50.3 Å². The van der Waals surface area contributed by atoms with Gasteiger partial charge in [0.15, 0.2) is 0 Å². The molecule has 1 rings (SSSR count). The van der Waals surface area contributed by atoms with Crippen molar-refractivity contribution in [1.29, 1.82) is 0 Å². The maximum absolute atomic E-state index is 5.85. The number of alkyl halides is 1. The van der Waals surface area contributed by atoms with Crippen LogP contribution >= 0.6 is 11.6 Å². The molecule has 0 aliphatic heterocycles. The maximum atomic E-state index is 5.85. The highest BCUT2D eigenvalue weighted by molar-refractivity contribution is 6.17. The van der Waals surface area contributed by atoms with E-state index in [-0.39, 0.29) is 0 Å². The first-order valence-electron chi connectivity index (χ1n) is 6.42. The molecule has 0 fully saturated rings. The lowest BCUT2D eigenvalue weighted by Crippen LogP contribution is -2.01. The lowest BCUT2D eigenvalue weighted by molar-refractivity contribution is 0.302. The predicted octanol–water partition coefficient (Wildman–Crippen LogP) is 4.48. The van der Waals surface area contributed by atoms with E-state index < -0.39 is 0 Å². The molecule has 0 amide bonds. The summed E-state index contributed by atoms with van der Waals surface area (Å²) in [5, 5.41) is 0. The fourth-order valence-electron chi connectivity index (χ4n) is 1.69. The van der Waals surface area contributed by atoms with Crippen molar-refractivity contribution in [2.45, 2.75) is 51.8 Å². The molecule has 2 nitrogen and oxygen atoms in total. The molecule has 0 spiro atoms. The van der Waals surface area contributed by atoms with E-state index in [1.807, 2.05) is 13.0 Å². The lowest BCUT2D eigenvalue weighted by atomic mass is 10.2. The van der Waals surface area contributed by atoms with Gasteiger partial charge in [-0.1, -0.05) is 32.6 Å². The highest BCUT2D eigenvalue weighted by Gasteiger charge is 2.03. The summed E-state index contributed by atoms with van der Waals surface area (Å²) in [6.45, 7) is 4.96. The number of nitrogens with zero attached hydrogens (tertiary/aromatic N) is 1. The van der Waals surface area contributed by atoms with Crippen molar-refractivity contribution < 1.29 is 4.74 Å². The number of ether oxygens (including phenoxy) is 1. The van der Waals surface area contributed by atoms with E-state index in [2.05, 4.69) is 11.9 Å². The van der Waals surface area contributed by atoms with Gasteiger partial charge in [0.05, 0.1) is 12.5 Å². The van der Waals surface area contributed by atoms with Crippen LogP contribution in [-0.4, -0.2) is 11.6 Å². The van der Waals surface area contributed by atoms with E-state index in [0.29, 0.717) is 5.88 Å². The first kappa shape index (κ1) is 14.3. The van der Waals surface area contributed by atoms with E-state index in [4.69, 9.17) is 16.3 Å². The average Bonchev–Trinajstić information content (AvgIpc) is 2.34. The smallest absolute Gasteiger partial charge is 0.127 e. The Kier molecular flexibility index (Phi) is 7.02. The van der Waals surface area contributed by atoms with Crippen LogP contribution in [0.3, 0.4) is 0 Å². The second-order valence-electron chi connectivity index (χ2n) is 4.33. The first-order valence-corrected chi connectivity index (χ1v) is 6.95. The van der Waals surface area contributed by atoms with E-state index in [0.717, 1.165) is 30.0 Å². The molecule has 0 saturated carbocycles. The van der Waals surface area contributed by atoms with Gasteiger partial charge in [-0.3, -0.25) is 4.98 Å². The Morgan fingerprint density at radius 3 is 2.71 bits per heavy atom. The van der Waals surface area contributed by atoms with E-state index in [1.54, 1.807) is 6.20 Å². The van der Waals surface area contributed by atoms with Crippen LogP contribution in [0.25, 0.3) is 0 Å². The van der Waals surface area contributed by atoms with Crippen LogP contribution in [0.4, 0.5) is 0 Å². The molecule has 17 heavy (non-hydrogen) atoms. The van der Waals surface area contributed by atoms with Crippen LogP contribution in [0.5, 0.6) is 5.75 Å². The Bertz CT molecular complexity index is 328. The zero-order valence-corrected chi connectivity index (χ0v) is 11.6. The molecule has 1 aromatic heterocycles. The van der Waals surface area contributed by atoms with E-state index >= 15 is 0 Å². The van der Waals surface area contributed by atoms with Crippen molar-refractivity contribution in [3.8, 4) is 5.75 Å². The summed E-state index contributed by atoms with van der Waals surface area (Å²) in [6.07, 6.45) is 8.06. The van der Waals surface area contributed by atoms with Gasteiger partial charge in [-0.15, -0.1) is 11.6 Å². The minimum Gasteiger partial charge on any atom is -0.493 e. The van der Waals surface area contributed by atoms with Gasteiger partial charge in [0.25, 0.3) is 0 Å². The second kappa shape index (κ2) is 8.35. The zero-order valence-electron chi connectivity index (χ0n) is 10.8. The molecule has 1 heterocycles. The average molecular weight is 256 g/mol. The molecular formula is C14H22ClNO. The number of hydrogen-bond acceptors (Lipinski definition) is 2. The van der Waals surface area contributed by atoms with Crippen LogP contribution in [-0.2, 0) is 5.88 Å². The molecule has 0 radical (unpaired) electrons. The van der Waals surface area contributed by atoms with E-state index in [1.165, 1.54) is 25.7 Å². The molecule has 0 saturated heterocycles. The lowest BCUT2D eigenvalue weighted by Gasteiger charge is -2.10. The molecule has 3 heteroatoms. The molecule has 96 valence electrons. The number of rotatable bonds is 8. The Balaban J connectivity index is 2.32. The minimum absolute atomic E-state index is 0.457. The number of aryl methyl sites for hydroxylation is 1. The van der Waals surface area contributed by atoms with Gasteiger partial charge < -0.3 is 4.74 Å². The molecule has 0 atom stereocenters. The summed E-state index contributed by atoms with van der Waals surface area (Å²) >= 11 is 5.85. The van der Waals surface area contributed by atoms with Gasteiger partial charge in [0.1, 0.15) is 5.75 Å². The summed E-state index contributed by atoms with van der Waals surface area (Å²) in [7, 11) is 0. The van der Waals surface area contributed by atoms with Gasteiger partial charge in [-0.2, -0.15) is 0 Å². The molecular weight excluding hydrogens is 234 g/mol. The minimum atomic E-state index is 0.457.